The molecule has 0 fully saturated rings. The molecule has 2 N–H and O–H groups in total. The molecule has 21 heavy (non-hydrogen) atoms. The van der Waals surface area contributed by atoms with Crippen LogP contribution in [0.25, 0.3) is 0 Å². The Hall–Kier alpha value is -1.85. The molecule has 2 rings (SSSR count). The molecular formula is C16H20N2O2S. The van der Waals surface area contributed by atoms with Crippen LogP contribution in [0.4, 0.5) is 5.69 Å². The summed E-state index contributed by atoms with van der Waals surface area (Å²) in [5.41, 5.74) is 2.40. The highest BCUT2D eigenvalue weighted by atomic mass is 32.2. The summed E-state index contributed by atoms with van der Waals surface area (Å²) in [7, 11) is -1.66. The van der Waals surface area contributed by atoms with Crippen molar-refractivity contribution >= 4 is 15.7 Å². The quantitative estimate of drug-likeness (QED) is 0.892. The van der Waals surface area contributed by atoms with Crippen molar-refractivity contribution < 1.29 is 8.42 Å². The molecule has 112 valence electrons. The van der Waals surface area contributed by atoms with Gasteiger partial charge in [-0.15, -0.1) is 0 Å². The van der Waals surface area contributed by atoms with Crippen LogP contribution in [0.3, 0.4) is 0 Å². The molecule has 0 heterocycles. The zero-order valence-electron chi connectivity index (χ0n) is 12.4. The van der Waals surface area contributed by atoms with Gasteiger partial charge in [-0.25, -0.2) is 8.42 Å². The van der Waals surface area contributed by atoms with Gasteiger partial charge >= 0.3 is 0 Å². The molecule has 0 aliphatic rings. The van der Waals surface area contributed by atoms with Gasteiger partial charge in [-0.2, -0.15) is 0 Å². The van der Waals surface area contributed by atoms with Crippen LogP contribution in [0.1, 0.15) is 24.1 Å². The summed E-state index contributed by atoms with van der Waals surface area (Å²) in [6.45, 7) is 3.83. The molecule has 1 unspecified atom stereocenters. The van der Waals surface area contributed by atoms with Crippen molar-refractivity contribution in [3.05, 3.63) is 59.7 Å². The van der Waals surface area contributed by atoms with E-state index in [1.165, 1.54) is 0 Å². The lowest BCUT2D eigenvalue weighted by atomic mass is 10.1. The molecule has 0 saturated carbocycles. The first-order chi connectivity index (χ1) is 9.94. The van der Waals surface area contributed by atoms with Gasteiger partial charge in [0.25, 0.3) is 10.0 Å². The van der Waals surface area contributed by atoms with Gasteiger partial charge in [0.05, 0.1) is 4.90 Å². The molecule has 5 heteroatoms. The van der Waals surface area contributed by atoms with Crippen LogP contribution < -0.4 is 10.0 Å². The van der Waals surface area contributed by atoms with E-state index in [1.54, 1.807) is 37.3 Å². The van der Waals surface area contributed by atoms with Crippen molar-refractivity contribution in [2.24, 2.45) is 0 Å². The Morgan fingerprint density at radius 1 is 1.00 bits per heavy atom. The lowest BCUT2D eigenvalue weighted by molar-refractivity contribution is 0.600. The molecule has 2 aromatic carbocycles. The molecule has 0 saturated heterocycles. The van der Waals surface area contributed by atoms with Crippen LogP contribution in [0.15, 0.2) is 53.4 Å². The second-order valence-corrected chi connectivity index (χ2v) is 6.65. The minimum atomic E-state index is -3.55. The highest BCUT2D eigenvalue weighted by Crippen LogP contribution is 2.20. The maximum absolute atomic E-state index is 12.4. The lowest BCUT2D eigenvalue weighted by Crippen LogP contribution is -2.15. The van der Waals surface area contributed by atoms with Crippen LogP contribution in [-0.4, -0.2) is 15.5 Å². The fraction of sp³-hybridized carbons (Fsp3) is 0.250. The third-order valence-corrected chi connectivity index (χ3v) is 5.02. The molecule has 0 radical (unpaired) electrons. The van der Waals surface area contributed by atoms with E-state index in [0.29, 0.717) is 10.6 Å². The van der Waals surface area contributed by atoms with E-state index >= 15 is 0 Å². The number of anilines is 1. The first kappa shape index (κ1) is 15.5. The summed E-state index contributed by atoms with van der Waals surface area (Å²) >= 11 is 0. The zero-order chi connectivity index (χ0) is 15.5. The van der Waals surface area contributed by atoms with E-state index in [0.717, 1.165) is 11.1 Å². The van der Waals surface area contributed by atoms with Crippen LogP contribution in [0.2, 0.25) is 0 Å². The van der Waals surface area contributed by atoms with E-state index < -0.39 is 10.0 Å². The Balaban J connectivity index is 2.23. The van der Waals surface area contributed by atoms with E-state index in [9.17, 15) is 8.42 Å². The molecular weight excluding hydrogens is 284 g/mol. The van der Waals surface area contributed by atoms with Gasteiger partial charge in [0, 0.05) is 11.7 Å². The normalized spacial score (nSPS) is 12.9. The topological polar surface area (TPSA) is 58.2 Å². The van der Waals surface area contributed by atoms with Crippen LogP contribution in [0, 0.1) is 6.92 Å². The number of rotatable bonds is 5. The van der Waals surface area contributed by atoms with E-state index in [1.807, 2.05) is 32.2 Å². The maximum atomic E-state index is 12.4. The number of benzene rings is 2. The smallest absolute Gasteiger partial charge is 0.262 e. The molecule has 0 aliphatic carbocycles. The van der Waals surface area contributed by atoms with Crippen LogP contribution in [-0.2, 0) is 10.0 Å². The molecule has 0 spiro atoms. The number of sulfonamides is 1. The minimum absolute atomic E-state index is 0.229. The van der Waals surface area contributed by atoms with E-state index in [2.05, 4.69) is 10.0 Å². The van der Waals surface area contributed by atoms with Crippen LogP contribution in [0.5, 0.6) is 0 Å². The minimum Gasteiger partial charge on any atom is -0.313 e. The van der Waals surface area contributed by atoms with Gasteiger partial charge in [0.1, 0.15) is 0 Å². The first-order valence-corrected chi connectivity index (χ1v) is 8.28. The summed E-state index contributed by atoms with van der Waals surface area (Å²) in [5.74, 6) is 0. The van der Waals surface area contributed by atoms with Gasteiger partial charge in [0.2, 0.25) is 0 Å². The second-order valence-electron chi connectivity index (χ2n) is 5.00. The summed E-state index contributed by atoms with van der Waals surface area (Å²) in [6, 6.07) is 14.5. The fourth-order valence-electron chi connectivity index (χ4n) is 2.07. The molecule has 2 aromatic rings. The predicted octanol–water partition coefficient (Wildman–Crippen LogP) is 3.08. The molecule has 4 nitrogen and oxygen atoms in total. The number of hydrogen-bond acceptors (Lipinski definition) is 3. The molecule has 0 aliphatic heterocycles. The zero-order valence-corrected chi connectivity index (χ0v) is 13.2. The van der Waals surface area contributed by atoms with Crippen molar-refractivity contribution in [1.82, 2.24) is 5.32 Å². The summed E-state index contributed by atoms with van der Waals surface area (Å²) in [6.07, 6.45) is 0. The molecule has 0 bridgehead atoms. The SMILES string of the molecule is CNC(C)c1ccc(NS(=O)(=O)c2ccccc2C)cc1. The van der Waals surface area contributed by atoms with Crippen molar-refractivity contribution in [1.29, 1.82) is 0 Å². The van der Waals surface area contributed by atoms with Gasteiger partial charge in [-0.1, -0.05) is 30.3 Å². The fourth-order valence-corrected chi connectivity index (χ4v) is 3.38. The molecule has 0 aromatic heterocycles. The molecule has 1 atom stereocenters. The first-order valence-electron chi connectivity index (χ1n) is 6.79. The van der Waals surface area contributed by atoms with Crippen molar-refractivity contribution in [3.8, 4) is 0 Å². The van der Waals surface area contributed by atoms with Gasteiger partial charge < -0.3 is 5.32 Å². The monoisotopic (exact) mass is 304 g/mol. The van der Waals surface area contributed by atoms with Gasteiger partial charge in [-0.3, -0.25) is 4.72 Å². The lowest BCUT2D eigenvalue weighted by Gasteiger charge is -2.13. The largest absolute Gasteiger partial charge is 0.313 e. The second kappa shape index (κ2) is 6.28. The molecule has 0 amide bonds. The van der Waals surface area contributed by atoms with Gasteiger partial charge in [0.15, 0.2) is 0 Å². The standard InChI is InChI=1S/C16H20N2O2S/c1-12-6-4-5-7-16(12)21(19,20)18-15-10-8-14(9-11-15)13(2)17-3/h4-11,13,17-18H,1-3H3. The average Bonchev–Trinajstić information content (AvgIpc) is 2.47. The maximum Gasteiger partial charge on any atom is 0.262 e. The third-order valence-electron chi connectivity index (χ3n) is 3.48. The van der Waals surface area contributed by atoms with Crippen molar-refractivity contribution in [2.75, 3.05) is 11.8 Å². The Morgan fingerprint density at radius 3 is 2.19 bits per heavy atom. The third kappa shape index (κ3) is 3.62. The van der Waals surface area contributed by atoms with E-state index in [-0.39, 0.29) is 6.04 Å². The average molecular weight is 304 g/mol. The summed E-state index contributed by atoms with van der Waals surface area (Å²) < 4.78 is 27.4. The number of aryl methyl sites for hydroxylation is 1. The van der Waals surface area contributed by atoms with Crippen LogP contribution >= 0.6 is 0 Å². The Labute approximate surface area is 126 Å². The Morgan fingerprint density at radius 2 is 1.62 bits per heavy atom. The predicted molar refractivity (Wildman–Crippen MR) is 85.9 cm³/mol. The highest BCUT2D eigenvalue weighted by Gasteiger charge is 2.16. The van der Waals surface area contributed by atoms with Gasteiger partial charge in [-0.05, 0) is 50.2 Å². The van der Waals surface area contributed by atoms with Crippen molar-refractivity contribution in [3.63, 3.8) is 0 Å². The summed E-state index contributed by atoms with van der Waals surface area (Å²) in [5, 5.41) is 3.14. The Bertz CT molecular complexity index is 709. The Kier molecular flexibility index (Phi) is 4.65. The number of nitrogens with one attached hydrogen (secondary N) is 2. The highest BCUT2D eigenvalue weighted by molar-refractivity contribution is 7.92. The number of hydrogen-bond donors (Lipinski definition) is 2. The van der Waals surface area contributed by atoms with E-state index in [4.69, 9.17) is 0 Å². The summed E-state index contributed by atoms with van der Waals surface area (Å²) in [4.78, 5) is 0.303. The van der Waals surface area contributed by atoms with Crippen molar-refractivity contribution in [2.45, 2.75) is 24.8 Å².